The quantitative estimate of drug-likeness (QED) is 0.485. The number of hydrogen-bond donors (Lipinski definition) is 2. The first kappa shape index (κ1) is 23.9. The molecule has 0 saturated carbocycles. The number of methoxy groups -OCH3 is 2. The van der Waals surface area contributed by atoms with Gasteiger partial charge in [-0.15, -0.1) is 0 Å². The largest absolute Gasteiger partial charge is 0.497 e. The molecule has 0 fully saturated rings. The molecule has 8 nitrogen and oxygen atoms in total. The van der Waals surface area contributed by atoms with Crippen molar-refractivity contribution in [3.63, 3.8) is 0 Å². The minimum atomic E-state index is -3.88. The van der Waals surface area contributed by atoms with Gasteiger partial charge in [-0.2, -0.15) is 0 Å². The third-order valence-corrected chi connectivity index (χ3v) is 6.23. The van der Waals surface area contributed by atoms with Crippen LogP contribution < -0.4 is 24.2 Å². The summed E-state index contributed by atoms with van der Waals surface area (Å²) in [4.78, 5) is 12.5. The molecule has 0 spiro atoms. The van der Waals surface area contributed by atoms with Gasteiger partial charge in [0.05, 0.1) is 24.8 Å². The van der Waals surface area contributed by atoms with Crippen molar-refractivity contribution in [3.05, 3.63) is 72.3 Å². The second-order valence-corrected chi connectivity index (χ2v) is 8.89. The number of ether oxygens (including phenoxy) is 3. The van der Waals surface area contributed by atoms with Crippen LogP contribution in [0.4, 0.5) is 11.4 Å². The molecule has 0 aliphatic heterocycles. The average molecular weight is 471 g/mol. The molecule has 3 rings (SSSR count). The molecule has 0 saturated heterocycles. The SMILES string of the molecule is COc1ccc(NS(=O)(=O)c2ccc(NC(=O)C(C)Oc3ccccc3C)cc2)c(OC)c1. The van der Waals surface area contributed by atoms with Crippen LogP contribution in [0.1, 0.15) is 12.5 Å². The van der Waals surface area contributed by atoms with Crippen LogP contribution in [0.2, 0.25) is 0 Å². The van der Waals surface area contributed by atoms with Crippen molar-refractivity contribution < 1.29 is 27.4 Å². The number of sulfonamides is 1. The maximum absolute atomic E-state index is 12.8. The Morgan fingerprint density at radius 1 is 0.909 bits per heavy atom. The van der Waals surface area contributed by atoms with Crippen molar-refractivity contribution in [1.82, 2.24) is 0 Å². The number of anilines is 2. The highest BCUT2D eigenvalue weighted by atomic mass is 32.2. The standard InChI is InChI=1S/C24H26N2O6S/c1-16-7-5-6-8-22(16)32-17(2)24(27)25-18-9-12-20(13-10-18)33(28,29)26-21-14-11-19(30-3)15-23(21)31-4/h5-15,17,26H,1-4H3,(H,25,27). The molecule has 0 aliphatic rings. The summed E-state index contributed by atoms with van der Waals surface area (Å²) in [5, 5.41) is 2.73. The van der Waals surface area contributed by atoms with E-state index in [2.05, 4.69) is 10.0 Å². The topological polar surface area (TPSA) is 103 Å². The molecule has 0 aromatic heterocycles. The van der Waals surface area contributed by atoms with Crippen LogP contribution in [0.5, 0.6) is 17.2 Å². The molecular weight excluding hydrogens is 444 g/mol. The highest BCUT2D eigenvalue weighted by Crippen LogP contribution is 2.31. The lowest BCUT2D eigenvalue weighted by molar-refractivity contribution is -0.122. The van der Waals surface area contributed by atoms with Gasteiger partial charge in [0.15, 0.2) is 6.10 Å². The van der Waals surface area contributed by atoms with Crippen LogP contribution in [0, 0.1) is 6.92 Å². The maximum Gasteiger partial charge on any atom is 0.265 e. The van der Waals surface area contributed by atoms with Crippen LogP contribution in [-0.2, 0) is 14.8 Å². The summed E-state index contributed by atoms with van der Waals surface area (Å²) in [6.07, 6.45) is -0.737. The zero-order valence-corrected chi connectivity index (χ0v) is 19.6. The second-order valence-electron chi connectivity index (χ2n) is 7.21. The number of hydrogen-bond acceptors (Lipinski definition) is 6. The molecule has 2 N–H and O–H groups in total. The van der Waals surface area contributed by atoms with Gasteiger partial charge in [-0.3, -0.25) is 9.52 Å². The fourth-order valence-corrected chi connectivity index (χ4v) is 4.05. The first-order valence-electron chi connectivity index (χ1n) is 10.1. The Morgan fingerprint density at radius 3 is 2.24 bits per heavy atom. The number of benzene rings is 3. The molecule has 9 heteroatoms. The fraction of sp³-hybridized carbons (Fsp3) is 0.208. The molecule has 3 aromatic rings. The van der Waals surface area contributed by atoms with Crippen LogP contribution in [-0.4, -0.2) is 34.6 Å². The zero-order valence-electron chi connectivity index (χ0n) is 18.8. The average Bonchev–Trinajstić information content (AvgIpc) is 2.81. The lowest BCUT2D eigenvalue weighted by atomic mass is 10.2. The first-order chi connectivity index (χ1) is 15.7. The van der Waals surface area contributed by atoms with E-state index in [1.54, 1.807) is 31.2 Å². The molecule has 0 aliphatic carbocycles. The molecule has 1 unspecified atom stereocenters. The predicted molar refractivity (Wildman–Crippen MR) is 127 cm³/mol. The molecule has 0 radical (unpaired) electrons. The van der Waals surface area contributed by atoms with Gasteiger partial charge in [-0.05, 0) is 61.9 Å². The molecule has 1 amide bonds. The minimum Gasteiger partial charge on any atom is -0.497 e. The molecule has 1 atom stereocenters. The van der Waals surface area contributed by atoms with Gasteiger partial charge in [0.2, 0.25) is 0 Å². The van der Waals surface area contributed by atoms with Crippen molar-refractivity contribution in [3.8, 4) is 17.2 Å². The molecule has 33 heavy (non-hydrogen) atoms. The van der Waals surface area contributed by atoms with Crippen LogP contribution >= 0.6 is 0 Å². The van der Waals surface area contributed by atoms with Gasteiger partial charge >= 0.3 is 0 Å². The van der Waals surface area contributed by atoms with Crippen molar-refractivity contribution in [1.29, 1.82) is 0 Å². The number of carbonyl (C=O) groups is 1. The summed E-state index contributed by atoms with van der Waals surface area (Å²) in [6, 6.07) is 18.0. The van der Waals surface area contributed by atoms with E-state index in [0.717, 1.165) is 5.56 Å². The van der Waals surface area contributed by atoms with Gasteiger partial charge < -0.3 is 19.5 Å². The highest BCUT2D eigenvalue weighted by Gasteiger charge is 2.19. The van der Waals surface area contributed by atoms with E-state index >= 15 is 0 Å². The number of aryl methyl sites for hydroxylation is 1. The lowest BCUT2D eigenvalue weighted by Gasteiger charge is -2.16. The normalized spacial score (nSPS) is 11.9. The lowest BCUT2D eigenvalue weighted by Crippen LogP contribution is -2.30. The van der Waals surface area contributed by atoms with Crippen molar-refractivity contribution in [2.45, 2.75) is 24.8 Å². The molecule has 3 aromatic carbocycles. The molecular formula is C24H26N2O6S. The summed E-state index contributed by atoms with van der Waals surface area (Å²) < 4.78 is 44.2. The van der Waals surface area contributed by atoms with E-state index in [9.17, 15) is 13.2 Å². The summed E-state index contributed by atoms with van der Waals surface area (Å²) in [6.45, 7) is 3.54. The Morgan fingerprint density at radius 2 is 1.61 bits per heavy atom. The maximum atomic E-state index is 12.8. The van der Waals surface area contributed by atoms with Gasteiger partial charge in [0, 0.05) is 11.8 Å². The van der Waals surface area contributed by atoms with Crippen molar-refractivity contribution >= 4 is 27.3 Å². The van der Waals surface area contributed by atoms with E-state index < -0.39 is 16.1 Å². The number of nitrogens with one attached hydrogen (secondary N) is 2. The van der Waals surface area contributed by atoms with E-state index in [1.165, 1.54) is 38.5 Å². The monoisotopic (exact) mass is 470 g/mol. The van der Waals surface area contributed by atoms with Crippen LogP contribution in [0.15, 0.2) is 71.6 Å². The van der Waals surface area contributed by atoms with Gasteiger partial charge in [0.1, 0.15) is 17.2 Å². The third kappa shape index (κ3) is 5.95. The number of rotatable bonds is 9. The number of amides is 1. The molecule has 174 valence electrons. The predicted octanol–water partition coefficient (Wildman–Crippen LogP) is 4.22. The highest BCUT2D eigenvalue weighted by molar-refractivity contribution is 7.92. The summed E-state index contributed by atoms with van der Waals surface area (Å²) in [5.41, 5.74) is 1.65. The van der Waals surface area contributed by atoms with Crippen molar-refractivity contribution in [2.24, 2.45) is 0 Å². The van der Waals surface area contributed by atoms with E-state index in [4.69, 9.17) is 14.2 Å². The number of carbonyl (C=O) groups excluding carboxylic acids is 1. The Labute approximate surface area is 193 Å². The first-order valence-corrected chi connectivity index (χ1v) is 11.6. The number of para-hydroxylation sites is 1. The Bertz CT molecular complexity index is 1230. The molecule has 0 heterocycles. The zero-order chi connectivity index (χ0) is 24.0. The van der Waals surface area contributed by atoms with Gasteiger partial charge in [0.25, 0.3) is 15.9 Å². The fourth-order valence-electron chi connectivity index (χ4n) is 2.98. The van der Waals surface area contributed by atoms with Gasteiger partial charge in [-0.25, -0.2) is 8.42 Å². The summed E-state index contributed by atoms with van der Waals surface area (Å²) in [7, 11) is -0.934. The van der Waals surface area contributed by atoms with Crippen molar-refractivity contribution in [2.75, 3.05) is 24.3 Å². The smallest absolute Gasteiger partial charge is 0.265 e. The summed E-state index contributed by atoms with van der Waals surface area (Å²) >= 11 is 0. The van der Waals surface area contributed by atoms with Gasteiger partial charge in [-0.1, -0.05) is 18.2 Å². The third-order valence-electron chi connectivity index (χ3n) is 4.85. The Kier molecular flexibility index (Phi) is 7.44. The van der Waals surface area contributed by atoms with E-state index in [0.29, 0.717) is 22.9 Å². The Hall–Kier alpha value is -3.72. The Balaban J connectivity index is 1.68. The van der Waals surface area contributed by atoms with E-state index in [-0.39, 0.29) is 16.5 Å². The summed E-state index contributed by atoms with van der Waals surface area (Å²) in [5.74, 6) is 1.14. The van der Waals surface area contributed by atoms with Crippen LogP contribution in [0.25, 0.3) is 0 Å². The molecule has 0 bridgehead atoms. The minimum absolute atomic E-state index is 0.0302. The second kappa shape index (κ2) is 10.3. The van der Waals surface area contributed by atoms with E-state index in [1.807, 2.05) is 25.1 Å². The van der Waals surface area contributed by atoms with Crippen LogP contribution in [0.3, 0.4) is 0 Å².